The summed E-state index contributed by atoms with van der Waals surface area (Å²) in [6, 6.07) is 5.92. The molecule has 2 N–H and O–H groups in total. The number of carbonyl (C=O) groups excluding carboxylic acids is 1. The predicted molar refractivity (Wildman–Crippen MR) is 81.5 cm³/mol. The third kappa shape index (κ3) is 3.44. The topological polar surface area (TPSA) is 66.5 Å². The van der Waals surface area contributed by atoms with Crippen molar-refractivity contribution in [3.8, 4) is 0 Å². The van der Waals surface area contributed by atoms with Gasteiger partial charge in [0.15, 0.2) is 0 Å². The van der Waals surface area contributed by atoms with Gasteiger partial charge in [0.05, 0.1) is 13.2 Å². The van der Waals surface area contributed by atoms with Gasteiger partial charge in [0.1, 0.15) is 17.7 Å². The number of hydrogen-bond acceptors (Lipinski definition) is 5. The first-order valence-corrected chi connectivity index (χ1v) is 7.63. The summed E-state index contributed by atoms with van der Waals surface area (Å²) in [5.74, 6) is 1.71. The number of morpholine rings is 1. The van der Waals surface area contributed by atoms with E-state index in [1.165, 1.54) is 0 Å². The van der Waals surface area contributed by atoms with Gasteiger partial charge in [0.25, 0.3) is 0 Å². The Morgan fingerprint density at radius 2 is 2.33 bits per heavy atom. The van der Waals surface area contributed by atoms with Gasteiger partial charge in [-0.1, -0.05) is 6.07 Å². The van der Waals surface area contributed by atoms with Gasteiger partial charge in [-0.05, 0) is 31.9 Å². The van der Waals surface area contributed by atoms with Crippen molar-refractivity contribution in [1.29, 1.82) is 0 Å². The van der Waals surface area contributed by atoms with Gasteiger partial charge >= 0.3 is 0 Å². The summed E-state index contributed by atoms with van der Waals surface area (Å²) < 4.78 is 5.49. The Labute approximate surface area is 124 Å². The molecule has 1 aliphatic heterocycles. The van der Waals surface area contributed by atoms with Crippen LogP contribution >= 0.6 is 0 Å². The van der Waals surface area contributed by atoms with E-state index in [9.17, 15) is 4.79 Å². The van der Waals surface area contributed by atoms with Gasteiger partial charge < -0.3 is 20.3 Å². The second-order valence-electron chi connectivity index (χ2n) is 5.48. The molecule has 114 valence electrons. The Hall–Kier alpha value is -1.82. The SMILES string of the molecule is CCNc1cccc(N2CCOCC2C(=O)NC2CC2)n1. The summed E-state index contributed by atoms with van der Waals surface area (Å²) in [6.07, 6.45) is 2.18. The number of nitrogens with zero attached hydrogens (tertiary/aromatic N) is 2. The van der Waals surface area contributed by atoms with Gasteiger partial charge in [0.2, 0.25) is 5.91 Å². The summed E-state index contributed by atoms with van der Waals surface area (Å²) >= 11 is 0. The fraction of sp³-hybridized carbons (Fsp3) is 0.600. The van der Waals surface area contributed by atoms with Crippen LogP contribution in [0.2, 0.25) is 0 Å². The highest BCUT2D eigenvalue weighted by Gasteiger charge is 2.33. The van der Waals surface area contributed by atoms with Crippen LogP contribution in [0.1, 0.15) is 19.8 Å². The van der Waals surface area contributed by atoms with Crippen molar-refractivity contribution >= 4 is 17.5 Å². The first-order valence-electron chi connectivity index (χ1n) is 7.63. The number of rotatable bonds is 5. The summed E-state index contributed by atoms with van der Waals surface area (Å²) in [5.41, 5.74) is 0. The van der Waals surface area contributed by atoms with Crippen LogP contribution in [-0.4, -0.2) is 49.3 Å². The molecule has 0 spiro atoms. The quantitative estimate of drug-likeness (QED) is 0.847. The minimum Gasteiger partial charge on any atom is -0.377 e. The number of amides is 1. The van der Waals surface area contributed by atoms with Gasteiger partial charge in [-0.2, -0.15) is 0 Å². The normalized spacial score (nSPS) is 22.0. The lowest BCUT2D eigenvalue weighted by atomic mass is 10.2. The molecule has 2 heterocycles. The van der Waals surface area contributed by atoms with Gasteiger partial charge in [0, 0.05) is 19.1 Å². The lowest BCUT2D eigenvalue weighted by molar-refractivity contribution is -0.124. The van der Waals surface area contributed by atoms with Crippen LogP contribution in [0.15, 0.2) is 18.2 Å². The van der Waals surface area contributed by atoms with Crippen molar-refractivity contribution in [3.05, 3.63) is 18.2 Å². The molecule has 1 aliphatic carbocycles. The van der Waals surface area contributed by atoms with E-state index in [-0.39, 0.29) is 11.9 Å². The first kappa shape index (κ1) is 14.1. The van der Waals surface area contributed by atoms with Crippen molar-refractivity contribution in [2.24, 2.45) is 0 Å². The van der Waals surface area contributed by atoms with E-state index in [2.05, 4.69) is 15.6 Å². The van der Waals surface area contributed by atoms with E-state index in [4.69, 9.17) is 4.74 Å². The first-order chi connectivity index (χ1) is 10.3. The van der Waals surface area contributed by atoms with Crippen molar-refractivity contribution in [2.45, 2.75) is 31.8 Å². The number of carbonyl (C=O) groups is 1. The standard InChI is InChI=1S/C15H22N4O2/c1-2-16-13-4-3-5-14(18-13)19-8-9-21-10-12(19)15(20)17-11-6-7-11/h3-5,11-12H,2,6-10H2,1H3,(H,16,18)(H,17,20). The molecule has 3 rings (SSSR count). The van der Waals surface area contributed by atoms with Crippen LogP contribution in [0.5, 0.6) is 0 Å². The number of anilines is 2. The van der Waals surface area contributed by atoms with Crippen LogP contribution in [0.4, 0.5) is 11.6 Å². The molecule has 6 nitrogen and oxygen atoms in total. The van der Waals surface area contributed by atoms with Crippen LogP contribution in [0.25, 0.3) is 0 Å². The van der Waals surface area contributed by atoms with E-state index in [1.807, 2.05) is 30.0 Å². The zero-order chi connectivity index (χ0) is 14.7. The molecule has 1 atom stereocenters. The van der Waals surface area contributed by atoms with E-state index in [1.54, 1.807) is 0 Å². The lowest BCUT2D eigenvalue weighted by Crippen LogP contribution is -2.54. The number of aromatic nitrogens is 1. The molecule has 6 heteroatoms. The lowest BCUT2D eigenvalue weighted by Gasteiger charge is -2.35. The van der Waals surface area contributed by atoms with Gasteiger partial charge in [-0.25, -0.2) is 4.98 Å². The highest BCUT2D eigenvalue weighted by molar-refractivity contribution is 5.86. The molecule has 1 saturated carbocycles. The Bertz CT molecular complexity index is 504. The molecular formula is C15H22N4O2. The molecule has 0 aromatic carbocycles. The van der Waals surface area contributed by atoms with Crippen molar-refractivity contribution < 1.29 is 9.53 Å². The maximum absolute atomic E-state index is 12.4. The van der Waals surface area contributed by atoms with Crippen molar-refractivity contribution in [3.63, 3.8) is 0 Å². The minimum atomic E-state index is -0.288. The molecule has 21 heavy (non-hydrogen) atoms. The second kappa shape index (κ2) is 6.30. The average molecular weight is 290 g/mol. The molecule has 0 radical (unpaired) electrons. The molecule has 1 saturated heterocycles. The molecule has 2 aliphatic rings. The predicted octanol–water partition coefficient (Wildman–Crippen LogP) is 0.997. The molecule has 0 bridgehead atoms. The minimum absolute atomic E-state index is 0.0489. The molecular weight excluding hydrogens is 268 g/mol. The van der Waals surface area contributed by atoms with Gasteiger partial charge in [-0.15, -0.1) is 0 Å². The third-order valence-corrected chi connectivity index (χ3v) is 3.74. The zero-order valence-corrected chi connectivity index (χ0v) is 12.3. The maximum Gasteiger partial charge on any atom is 0.245 e. The van der Waals surface area contributed by atoms with Crippen molar-refractivity contribution in [1.82, 2.24) is 10.3 Å². The van der Waals surface area contributed by atoms with Crippen molar-refractivity contribution in [2.75, 3.05) is 36.5 Å². The number of hydrogen-bond donors (Lipinski definition) is 2. The largest absolute Gasteiger partial charge is 0.377 e. The fourth-order valence-corrected chi connectivity index (χ4v) is 2.48. The molecule has 1 aromatic rings. The Morgan fingerprint density at radius 3 is 3.10 bits per heavy atom. The van der Waals surface area contributed by atoms with Crippen LogP contribution < -0.4 is 15.5 Å². The summed E-state index contributed by atoms with van der Waals surface area (Å²) in [5, 5.41) is 6.26. The number of pyridine rings is 1. The monoisotopic (exact) mass is 290 g/mol. The summed E-state index contributed by atoms with van der Waals surface area (Å²) in [7, 11) is 0. The third-order valence-electron chi connectivity index (χ3n) is 3.74. The summed E-state index contributed by atoms with van der Waals surface area (Å²) in [6.45, 7) is 4.59. The Kier molecular flexibility index (Phi) is 4.24. The highest BCUT2D eigenvalue weighted by Crippen LogP contribution is 2.22. The maximum atomic E-state index is 12.4. The highest BCUT2D eigenvalue weighted by atomic mass is 16.5. The summed E-state index contributed by atoms with van der Waals surface area (Å²) in [4.78, 5) is 19.0. The van der Waals surface area contributed by atoms with E-state index >= 15 is 0 Å². The molecule has 2 fully saturated rings. The van der Waals surface area contributed by atoms with E-state index < -0.39 is 0 Å². The molecule has 1 unspecified atom stereocenters. The van der Waals surface area contributed by atoms with Crippen LogP contribution in [0.3, 0.4) is 0 Å². The second-order valence-corrected chi connectivity index (χ2v) is 5.48. The Morgan fingerprint density at radius 1 is 1.48 bits per heavy atom. The van der Waals surface area contributed by atoms with E-state index in [0.717, 1.165) is 31.0 Å². The molecule has 1 amide bonds. The Balaban J connectivity index is 1.76. The molecule has 1 aromatic heterocycles. The van der Waals surface area contributed by atoms with Crippen LogP contribution in [0, 0.1) is 0 Å². The van der Waals surface area contributed by atoms with E-state index in [0.29, 0.717) is 25.8 Å². The number of ether oxygens (including phenoxy) is 1. The fourth-order valence-electron chi connectivity index (χ4n) is 2.48. The smallest absolute Gasteiger partial charge is 0.245 e. The average Bonchev–Trinajstić information content (AvgIpc) is 3.32. The van der Waals surface area contributed by atoms with Gasteiger partial charge in [-0.3, -0.25) is 4.79 Å². The number of nitrogens with one attached hydrogen (secondary N) is 2. The van der Waals surface area contributed by atoms with Crippen LogP contribution in [-0.2, 0) is 9.53 Å². The zero-order valence-electron chi connectivity index (χ0n) is 12.3.